The van der Waals surface area contributed by atoms with Crippen LogP contribution in [0.1, 0.15) is 45.4 Å². The molecule has 1 aliphatic carbocycles. The van der Waals surface area contributed by atoms with Gasteiger partial charge in [0.25, 0.3) is 0 Å². The molecule has 1 saturated carbocycles. The lowest BCUT2D eigenvalue weighted by atomic mass is 9.83. The van der Waals surface area contributed by atoms with E-state index in [0.717, 1.165) is 45.2 Å². The molecule has 2 N–H and O–H groups in total. The topological polar surface area (TPSA) is 48.9 Å². The van der Waals surface area contributed by atoms with Gasteiger partial charge in [0, 0.05) is 46.9 Å². The number of nitrogens with zero attached hydrogens (tertiary/aromatic N) is 2. The summed E-state index contributed by atoms with van der Waals surface area (Å²) in [6, 6.07) is 0. The summed E-state index contributed by atoms with van der Waals surface area (Å²) < 4.78 is 5.08. The number of ether oxygens (including phenoxy) is 1. The summed E-state index contributed by atoms with van der Waals surface area (Å²) in [7, 11) is 5.76. The van der Waals surface area contributed by atoms with Crippen molar-refractivity contribution in [2.45, 2.75) is 45.4 Å². The molecule has 22 heavy (non-hydrogen) atoms. The smallest absolute Gasteiger partial charge is 0.191 e. The fraction of sp³-hybridized carbons (Fsp3) is 0.941. The molecule has 1 rings (SSSR count). The largest absolute Gasteiger partial charge is 0.385 e. The Labute approximate surface area is 136 Å². The van der Waals surface area contributed by atoms with Crippen LogP contribution in [0, 0.1) is 5.41 Å². The van der Waals surface area contributed by atoms with Crippen molar-refractivity contribution in [3.63, 3.8) is 0 Å². The minimum absolute atomic E-state index is 0.495. The van der Waals surface area contributed by atoms with Crippen LogP contribution in [0.2, 0.25) is 0 Å². The molecular formula is C17H36N4O. The maximum Gasteiger partial charge on any atom is 0.191 e. The first-order chi connectivity index (χ1) is 10.7. The predicted molar refractivity (Wildman–Crippen MR) is 94.5 cm³/mol. The number of hydrogen-bond donors (Lipinski definition) is 2. The molecule has 0 amide bonds. The van der Waals surface area contributed by atoms with Gasteiger partial charge in [-0.25, -0.2) is 0 Å². The van der Waals surface area contributed by atoms with Gasteiger partial charge >= 0.3 is 0 Å². The highest BCUT2D eigenvalue weighted by Gasteiger charge is 2.31. The summed E-state index contributed by atoms with van der Waals surface area (Å²) in [6.45, 7) is 7.21. The van der Waals surface area contributed by atoms with Crippen LogP contribution in [0.25, 0.3) is 0 Å². The summed E-state index contributed by atoms with van der Waals surface area (Å²) >= 11 is 0. The van der Waals surface area contributed by atoms with Crippen LogP contribution in [0.4, 0.5) is 0 Å². The van der Waals surface area contributed by atoms with E-state index in [0.29, 0.717) is 5.41 Å². The van der Waals surface area contributed by atoms with E-state index in [-0.39, 0.29) is 0 Å². The van der Waals surface area contributed by atoms with Crippen LogP contribution >= 0.6 is 0 Å². The second-order valence-corrected chi connectivity index (χ2v) is 6.56. The number of rotatable bonds is 10. The fourth-order valence-electron chi connectivity index (χ4n) is 3.23. The first kappa shape index (κ1) is 19.2. The van der Waals surface area contributed by atoms with Crippen molar-refractivity contribution in [1.82, 2.24) is 15.5 Å². The molecule has 0 aromatic rings. The molecule has 130 valence electrons. The van der Waals surface area contributed by atoms with Gasteiger partial charge in [-0.1, -0.05) is 19.8 Å². The van der Waals surface area contributed by atoms with Crippen molar-refractivity contribution in [1.29, 1.82) is 0 Å². The van der Waals surface area contributed by atoms with Crippen LogP contribution in [-0.4, -0.2) is 64.9 Å². The van der Waals surface area contributed by atoms with E-state index in [4.69, 9.17) is 4.74 Å². The molecule has 0 aromatic carbocycles. The van der Waals surface area contributed by atoms with Gasteiger partial charge in [0.1, 0.15) is 0 Å². The maximum absolute atomic E-state index is 5.08. The molecule has 0 saturated heterocycles. The molecule has 1 fully saturated rings. The minimum Gasteiger partial charge on any atom is -0.385 e. The monoisotopic (exact) mass is 312 g/mol. The molecule has 0 unspecified atom stereocenters. The predicted octanol–water partition coefficient (Wildman–Crippen LogP) is 2.09. The Morgan fingerprint density at radius 2 is 1.95 bits per heavy atom. The summed E-state index contributed by atoms with van der Waals surface area (Å²) in [4.78, 5) is 6.67. The lowest BCUT2D eigenvalue weighted by Crippen LogP contribution is -2.44. The Morgan fingerprint density at radius 1 is 1.23 bits per heavy atom. The fourth-order valence-corrected chi connectivity index (χ4v) is 3.23. The van der Waals surface area contributed by atoms with Crippen molar-refractivity contribution in [2.75, 3.05) is 54.0 Å². The van der Waals surface area contributed by atoms with Crippen molar-refractivity contribution in [3.05, 3.63) is 0 Å². The molecule has 5 heteroatoms. The summed E-state index contributed by atoms with van der Waals surface area (Å²) in [6.07, 6.45) is 7.82. The lowest BCUT2D eigenvalue weighted by molar-refractivity contribution is 0.180. The second-order valence-electron chi connectivity index (χ2n) is 6.56. The molecule has 0 atom stereocenters. The van der Waals surface area contributed by atoms with E-state index >= 15 is 0 Å². The Hall–Kier alpha value is -0.810. The third-order valence-electron chi connectivity index (χ3n) is 4.94. The molecule has 0 radical (unpaired) electrons. The number of nitrogens with one attached hydrogen (secondary N) is 2. The van der Waals surface area contributed by atoms with Gasteiger partial charge < -0.3 is 20.3 Å². The summed E-state index contributed by atoms with van der Waals surface area (Å²) in [5, 5.41) is 6.95. The quantitative estimate of drug-likeness (QED) is 0.368. The Bertz CT molecular complexity index is 314. The highest BCUT2D eigenvalue weighted by Crippen LogP contribution is 2.40. The number of aliphatic imine (C=N–C) groups is 1. The van der Waals surface area contributed by atoms with Crippen LogP contribution in [0.3, 0.4) is 0 Å². The Morgan fingerprint density at radius 3 is 2.55 bits per heavy atom. The maximum atomic E-state index is 5.08. The highest BCUT2D eigenvalue weighted by atomic mass is 16.5. The summed E-state index contributed by atoms with van der Waals surface area (Å²) in [5.74, 6) is 0.935. The average Bonchev–Trinajstić information content (AvgIpc) is 3.00. The summed E-state index contributed by atoms with van der Waals surface area (Å²) in [5.41, 5.74) is 0.495. The van der Waals surface area contributed by atoms with Gasteiger partial charge in [-0.15, -0.1) is 0 Å². The van der Waals surface area contributed by atoms with Gasteiger partial charge in [-0.2, -0.15) is 0 Å². The molecule has 0 aliphatic heterocycles. The zero-order valence-corrected chi connectivity index (χ0v) is 15.1. The highest BCUT2D eigenvalue weighted by molar-refractivity contribution is 5.79. The third kappa shape index (κ3) is 6.97. The van der Waals surface area contributed by atoms with Gasteiger partial charge in [-0.05, 0) is 38.1 Å². The van der Waals surface area contributed by atoms with E-state index in [1.54, 1.807) is 7.11 Å². The normalized spacial score (nSPS) is 18.0. The van der Waals surface area contributed by atoms with Crippen molar-refractivity contribution in [3.8, 4) is 0 Å². The third-order valence-corrected chi connectivity index (χ3v) is 4.94. The van der Waals surface area contributed by atoms with Crippen LogP contribution in [0.5, 0.6) is 0 Å². The molecule has 5 nitrogen and oxygen atoms in total. The van der Waals surface area contributed by atoms with E-state index in [1.165, 1.54) is 32.1 Å². The zero-order valence-electron chi connectivity index (χ0n) is 15.1. The minimum atomic E-state index is 0.495. The number of hydrogen-bond acceptors (Lipinski definition) is 3. The molecule has 1 aliphatic rings. The Balaban J connectivity index is 2.19. The lowest BCUT2D eigenvalue weighted by Gasteiger charge is -2.28. The van der Waals surface area contributed by atoms with Gasteiger partial charge in [0.15, 0.2) is 5.96 Å². The SMILES string of the molecule is CCC1(CNC(=NC)NCCN(C)CCCOC)CCCC1. The molecule has 0 spiro atoms. The van der Waals surface area contributed by atoms with Crippen molar-refractivity contribution >= 4 is 5.96 Å². The zero-order chi connectivity index (χ0) is 16.3. The molecule has 0 heterocycles. The molecule has 0 bridgehead atoms. The van der Waals surface area contributed by atoms with E-state index in [2.05, 4.69) is 34.5 Å². The second kappa shape index (κ2) is 10.8. The number of likely N-dealkylation sites (N-methyl/N-ethyl adjacent to an activating group) is 1. The standard InChI is InChI=1S/C17H36N4O/c1-5-17(9-6-7-10-17)15-20-16(18-2)19-11-13-21(3)12-8-14-22-4/h5-15H2,1-4H3,(H2,18,19,20). The van der Waals surface area contributed by atoms with E-state index in [1.807, 2.05) is 7.05 Å². The van der Waals surface area contributed by atoms with Crippen molar-refractivity contribution in [2.24, 2.45) is 10.4 Å². The Kier molecular flexibility index (Phi) is 9.48. The first-order valence-electron chi connectivity index (χ1n) is 8.78. The number of guanidine groups is 1. The number of methoxy groups -OCH3 is 1. The molecular weight excluding hydrogens is 276 g/mol. The van der Waals surface area contributed by atoms with Gasteiger partial charge in [0.05, 0.1) is 0 Å². The molecule has 0 aromatic heterocycles. The average molecular weight is 313 g/mol. The van der Waals surface area contributed by atoms with Crippen LogP contribution in [-0.2, 0) is 4.74 Å². The van der Waals surface area contributed by atoms with E-state index < -0.39 is 0 Å². The van der Waals surface area contributed by atoms with Gasteiger partial charge in [-0.3, -0.25) is 4.99 Å². The van der Waals surface area contributed by atoms with Crippen LogP contribution in [0.15, 0.2) is 4.99 Å². The van der Waals surface area contributed by atoms with Gasteiger partial charge in [0.2, 0.25) is 0 Å². The van der Waals surface area contributed by atoms with Crippen LogP contribution < -0.4 is 10.6 Å². The van der Waals surface area contributed by atoms with E-state index in [9.17, 15) is 0 Å². The van der Waals surface area contributed by atoms with Crippen molar-refractivity contribution < 1.29 is 4.74 Å². The first-order valence-corrected chi connectivity index (χ1v) is 8.78.